The molecule has 0 aromatic heterocycles. The van der Waals surface area contributed by atoms with Crippen molar-refractivity contribution in [2.45, 2.75) is 24.7 Å². The van der Waals surface area contributed by atoms with Crippen LogP contribution in [0.3, 0.4) is 0 Å². The van der Waals surface area contributed by atoms with Crippen LogP contribution in [0.4, 0.5) is 0 Å². The Balaban J connectivity index is 1.98. The zero-order valence-corrected chi connectivity index (χ0v) is 12.9. The predicted octanol–water partition coefficient (Wildman–Crippen LogP) is 4.75. The van der Waals surface area contributed by atoms with Crippen molar-refractivity contribution in [1.29, 1.82) is 0 Å². The molecule has 0 aliphatic rings. The van der Waals surface area contributed by atoms with Crippen molar-refractivity contribution in [3.05, 3.63) is 60.2 Å². The highest BCUT2D eigenvalue weighted by Crippen LogP contribution is 2.21. The number of rotatable bonds is 5. The van der Waals surface area contributed by atoms with Crippen LogP contribution in [0.25, 0.3) is 11.1 Å². The maximum Gasteiger partial charge on any atom is -0.0118 e. The van der Waals surface area contributed by atoms with E-state index >= 15 is 0 Å². The van der Waals surface area contributed by atoms with E-state index in [0.717, 1.165) is 0 Å². The summed E-state index contributed by atoms with van der Waals surface area (Å²) in [7, 11) is 5.66. The molecule has 2 atom stereocenters. The number of aryl methyl sites for hydroxylation is 1. The summed E-state index contributed by atoms with van der Waals surface area (Å²) >= 11 is 0. The predicted molar refractivity (Wildman–Crippen MR) is 88.0 cm³/mol. The van der Waals surface area contributed by atoms with E-state index < -0.39 is 0 Å². The number of benzene rings is 2. The molecule has 2 aromatic rings. The Kier molecular flexibility index (Phi) is 5.36. The molecule has 0 N–H and O–H groups in total. The third-order valence-electron chi connectivity index (χ3n) is 3.06. The summed E-state index contributed by atoms with van der Waals surface area (Å²) in [6, 6.07) is 19.5. The Morgan fingerprint density at radius 1 is 0.778 bits per heavy atom. The molecule has 0 amide bonds. The molecular formula is C16H20P2. The first kappa shape index (κ1) is 13.7. The fourth-order valence-electron chi connectivity index (χ4n) is 2.04. The Labute approximate surface area is 115 Å². The summed E-state index contributed by atoms with van der Waals surface area (Å²) in [4.78, 5) is 0. The van der Waals surface area contributed by atoms with Gasteiger partial charge in [-0.1, -0.05) is 54.6 Å². The van der Waals surface area contributed by atoms with Crippen LogP contribution in [0.1, 0.15) is 18.4 Å². The van der Waals surface area contributed by atoms with Gasteiger partial charge in [-0.25, -0.2) is 0 Å². The summed E-state index contributed by atoms with van der Waals surface area (Å²) in [6.07, 6.45) is 3.67. The third-order valence-corrected chi connectivity index (χ3v) is 3.73. The van der Waals surface area contributed by atoms with Gasteiger partial charge in [0.15, 0.2) is 0 Å². The van der Waals surface area contributed by atoms with Gasteiger partial charge in [0.25, 0.3) is 0 Å². The van der Waals surface area contributed by atoms with Crippen LogP contribution in [0, 0.1) is 0 Å². The number of hydrogen-bond donors (Lipinski definition) is 0. The van der Waals surface area contributed by atoms with Crippen LogP contribution in [-0.4, -0.2) is 5.40 Å². The minimum Gasteiger partial charge on any atom is -0.130 e. The Morgan fingerprint density at radius 2 is 1.39 bits per heavy atom. The molecule has 0 bridgehead atoms. The molecule has 2 unspecified atom stereocenters. The molecule has 2 aromatic carbocycles. The number of hydrogen-bond acceptors (Lipinski definition) is 0. The Morgan fingerprint density at radius 3 is 2.00 bits per heavy atom. The second-order valence-corrected chi connectivity index (χ2v) is 7.10. The molecule has 2 heteroatoms. The second kappa shape index (κ2) is 7.03. The van der Waals surface area contributed by atoms with E-state index in [2.05, 4.69) is 73.1 Å². The zero-order chi connectivity index (χ0) is 12.8. The van der Waals surface area contributed by atoms with Gasteiger partial charge in [0.2, 0.25) is 0 Å². The summed E-state index contributed by atoms with van der Waals surface area (Å²) < 4.78 is 0. The van der Waals surface area contributed by atoms with Gasteiger partial charge in [0.05, 0.1) is 0 Å². The van der Waals surface area contributed by atoms with Gasteiger partial charge < -0.3 is 0 Å². The molecular weight excluding hydrogens is 254 g/mol. The Bertz CT molecular complexity index is 460. The molecule has 2 rings (SSSR count). The first-order valence-electron chi connectivity index (χ1n) is 6.41. The lowest BCUT2D eigenvalue weighted by molar-refractivity contribution is 0.785. The average molecular weight is 274 g/mol. The normalized spacial score (nSPS) is 10.8. The van der Waals surface area contributed by atoms with E-state index in [1.165, 1.54) is 36.0 Å². The molecule has 18 heavy (non-hydrogen) atoms. The molecule has 0 heterocycles. The largest absolute Gasteiger partial charge is 0.130 e. The van der Waals surface area contributed by atoms with Gasteiger partial charge in [-0.15, -0.1) is 18.5 Å². The highest BCUT2D eigenvalue weighted by atomic mass is 31.1. The molecule has 0 nitrogen and oxygen atoms in total. The summed E-state index contributed by atoms with van der Waals surface area (Å²) in [5.41, 5.74) is 4.03. The van der Waals surface area contributed by atoms with Crippen LogP contribution < -0.4 is 0 Å². The average Bonchev–Trinajstić information content (AvgIpc) is 2.40. The monoisotopic (exact) mass is 274 g/mol. The van der Waals surface area contributed by atoms with Gasteiger partial charge >= 0.3 is 0 Å². The maximum atomic E-state index is 2.83. The fraction of sp³-hybridized carbons (Fsp3) is 0.250. The summed E-state index contributed by atoms with van der Waals surface area (Å²) in [5.74, 6) is 0. The lowest BCUT2D eigenvalue weighted by Gasteiger charge is -2.06. The van der Waals surface area contributed by atoms with Crippen molar-refractivity contribution < 1.29 is 0 Å². The highest BCUT2D eigenvalue weighted by Gasteiger charge is 1.99. The van der Waals surface area contributed by atoms with Gasteiger partial charge in [-0.05, 0) is 41.4 Å². The van der Waals surface area contributed by atoms with Crippen molar-refractivity contribution in [2.75, 3.05) is 0 Å². The Hall–Kier alpha value is -0.700. The molecule has 0 saturated carbocycles. The van der Waals surface area contributed by atoms with Crippen molar-refractivity contribution >= 4 is 18.5 Å². The van der Waals surface area contributed by atoms with Gasteiger partial charge in [0, 0.05) is 0 Å². The first-order valence-corrected chi connectivity index (χ1v) is 7.74. The van der Waals surface area contributed by atoms with Crippen LogP contribution in [0.15, 0.2) is 54.6 Å². The minimum atomic E-state index is 0.647. The smallest absolute Gasteiger partial charge is 0.0118 e. The molecule has 0 saturated heterocycles. The van der Waals surface area contributed by atoms with Crippen molar-refractivity contribution in [3.63, 3.8) is 0 Å². The lowest BCUT2D eigenvalue weighted by Crippen LogP contribution is -1.90. The van der Waals surface area contributed by atoms with Crippen LogP contribution in [0.2, 0.25) is 0 Å². The lowest BCUT2D eigenvalue weighted by atomic mass is 10.0. The maximum absolute atomic E-state index is 2.83. The van der Waals surface area contributed by atoms with Gasteiger partial charge in [0.1, 0.15) is 0 Å². The first-order chi connectivity index (χ1) is 8.75. The van der Waals surface area contributed by atoms with E-state index in [1.807, 2.05) is 0 Å². The van der Waals surface area contributed by atoms with E-state index in [1.54, 1.807) is 0 Å². The minimum absolute atomic E-state index is 0.647. The van der Waals surface area contributed by atoms with Crippen molar-refractivity contribution in [1.82, 2.24) is 0 Å². The van der Waals surface area contributed by atoms with E-state index in [0.29, 0.717) is 5.40 Å². The quantitative estimate of drug-likeness (QED) is 0.690. The van der Waals surface area contributed by atoms with Gasteiger partial charge in [-0.2, -0.15) is 0 Å². The molecule has 0 radical (unpaired) electrons. The zero-order valence-electron chi connectivity index (χ0n) is 10.5. The second-order valence-electron chi connectivity index (χ2n) is 4.62. The third kappa shape index (κ3) is 4.20. The highest BCUT2D eigenvalue weighted by molar-refractivity contribution is 7.37. The standard InChI is InChI=1S/C16H20P2/c17-16(18)8-4-5-13-9-11-15(12-10-13)14-6-2-1-3-7-14/h1-3,6-7,9-12,16H,4-5,8,17-18H2. The van der Waals surface area contributed by atoms with E-state index in [-0.39, 0.29) is 0 Å². The topological polar surface area (TPSA) is 0 Å². The SMILES string of the molecule is PC(P)CCCc1ccc(-c2ccccc2)cc1. The van der Waals surface area contributed by atoms with Crippen LogP contribution in [-0.2, 0) is 6.42 Å². The van der Waals surface area contributed by atoms with Crippen molar-refractivity contribution in [2.24, 2.45) is 0 Å². The van der Waals surface area contributed by atoms with Crippen LogP contribution >= 0.6 is 18.5 Å². The molecule has 94 valence electrons. The summed E-state index contributed by atoms with van der Waals surface area (Å²) in [6.45, 7) is 0. The van der Waals surface area contributed by atoms with Crippen molar-refractivity contribution in [3.8, 4) is 11.1 Å². The molecule has 0 aliphatic heterocycles. The van der Waals surface area contributed by atoms with E-state index in [9.17, 15) is 0 Å². The molecule has 0 fully saturated rings. The van der Waals surface area contributed by atoms with Crippen LogP contribution in [0.5, 0.6) is 0 Å². The van der Waals surface area contributed by atoms with E-state index in [4.69, 9.17) is 0 Å². The molecule has 0 aliphatic carbocycles. The molecule has 0 spiro atoms. The fourth-order valence-corrected chi connectivity index (χ4v) is 2.51. The van der Waals surface area contributed by atoms with Gasteiger partial charge in [-0.3, -0.25) is 0 Å². The summed E-state index contributed by atoms with van der Waals surface area (Å²) in [5, 5.41) is 0.647.